The highest BCUT2D eigenvalue weighted by molar-refractivity contribution is 7.46. The highest BCUT2D eigenvalue weighted by atomic mass is 31.2. The number of aryl methyl sites for hydroxylation is 1. The monoisotopic (exact) mass is 723 g/mol. The van der Waals surface area contributed by atoms with E-state index in [-0.39, 0.29) is 51.9 Å². The summed E-state index contributed by atoms with van der Waals surface area (Å²) in [4.78, 5) is 79.4. The maximum atomic E-state index is 14.0. The minimum Gasteiger partial charge on any atom is -0.424 e. The van der Waals surface area contributed by atoms with Crippen molar-refractivity contribution >= 4 is 49.0 Å². The molecule has 1 saturated carbocycles. The Hall–Kier alpha value is -5.81. The van der Waals surface area contributed by atoms with Gasteiger partial charge in [-0.3, -0.25) is 19.4 Å². The molecule has 0 aliphatic heterocycles. The second kappa shape index (κ2) is 15.4. The molecule has 1 unspecified atom stereocenters. The van der Waals surface area contributed by atoms with Crippen LogP contribution < -0.4 is 25.8 Å². The summed E-state index contributed by atoms with van der Waals surface area (Å²) < 4.78 is 30.9. The summed E-state index contributed by atoms with van der Waals surface area (Å²) in [5.41, 5.74) is 7.82. The van der Waals surface area contributed by atoms with Crippen LogP contribution in [0.5, 0.6) is 5.75 Å². The quantitative estimate of drug-likeness (QED) is 0.0401. The summed E-state index contributed by atoms with van der Waals surface area (Å²) in [7, 11) is -4.81. The first-order valence-electron chi connectivity index (χ1n) is 15.3. The number of rotatable bonds is 12. The van der Waals surface area contributed by atoms with Crippen LogP contribution in [0.3, 0.4) is 0 Å². The van der Waals surface area contributed by atoms with E-state index < -0.39 is 38.8 Å². The molecule has 19 heteroatoms. The first kappa shape index (κ1) is 36.5. The van der Waals surface area contributed by atoms with E-state index in [0.29, 0.717) is 16.7 Å². The smallest absolute Gasteiger partial charge is 0.424 e. The van der Waals surface area contributed by atoms with Crippen molar-refractivity contribution < 1.29 is 52.1 Å². The van der Waals surface area contributed by atoms with Crippen LogP contribution in [0, 0.1) is 13.8 Å². The van der Waals surface area contributed by atoms with Crippen molar-refractivity contribution in [1.82, 2.24) is 15.5 Å². The van der Waals surface area contributed by atoms with Gasteiger partial charge in [0.05, 0.1) is 28.7 Å². The molecule has 7 N–H and O–H groups in total. The Morgan fingerprint density at radius 2 is 1.78 bits per heavy atom. The lowest BCUT2D eigenvalue weighted by Crippen LogP contribution is -2.41. The average Bonchev–Trinajstić information content (AvgIpc) is 3.56. The highest BCUT2D eigenvalue weighted by Gasteiger charge is 2.32. The van der Waals surface area contributed by atoms with Gasteiger partial charge in [-0.15, -0.1) is 0 Å². The molecule has 2 aromatic heterocycles. The molecule has 5 rings (SSSR count). The summed E-state index contributed by atoms with van der Waals surface area (Å²) in [6.07, 6.45) is 2.54. The predicted octanol–water partition coefficient (Wildman–Crippen LogP) is 3.74. The maximum absolute atomic E-state index is 14.0. The number of H-pyrrole nitrogens is 1. The number of nitrogens with zero attached hydrogens (tertiary/aromatic N) is 3. The first-order chi connectivity index (χ1) is 24.2. The number of nitrogens with two attached hydrogens (primary N) is 1. The standard InChI is InChI=1S/C32H34N7O11P/c1-17-4-5-21(29(40)37-26-12-13-49-38-26)14-25(17)39(28(35-19(3)33)27-18(2)24(15-34-27)30(41)36-22-8-9-22)32(43)48-16-47-31(42)20-6-10-23(11-7-20)50-51(44,45)46/h4-7,10-15,19,22,34H,8-9,16,33H2,1-3H3,(H,36,41)(H,37,38,40)(H2,44,45,46)/b35-28+. The van der Waals surface area contributed by atoms with Gasteiger partial charge >= 0.3 is 19.9 Å². The van der Waals surface area contributed by atoms with Crippen molar-refractivity contribution in [2.75, 3.05) is 17.0 Å². The second-order valence-electron chi connectivity index (χ2n) is 11.4. The van der Waals surface area contributed by atoms with Crippen molar-refractivity contribution in [3.8, 4) is 5.75 Å². The van der Waals surface area contributed by atoms with Crippen LogP contribution in [0.25, 0.3) is 0 Å². The molecule has 0 spiro atoms. The van der Waals surface area contributed by atoms with Gasteiger partial charge in [-0.2, -0.15) is 0 Å². The van der Waals surface area contributed by atoms with Gasteiger partial charge in [-0.1, -0.05) is 11.2 Å². The number of phosphoric acid groups is 1. The molecule has 0 saturated heterocycles. The van der Waals surface area contributed by atoms with E-state index in [1.54, 1.807) is 26.8 Å². The Morgan fingerprint density at radius 3 is 2.41 bits per heavy atom. The number of aliphatic imine (C=N–C) groups is 1. The summed E-state index contributed by atoms with van der Waals surface area (Å²) in [5.74, 6) is -1.93. The Bertz CT molecular complexity index is 2000. The zero-order chi connectivity index (χ0) is 36.9. The fourth-order valence-electron chi connectivity index (χ4n) is 4.71. The highest BCUT2D eigenvalue weighted by Crippen LogP contribution is 2.37. The van der Waals surface area contributed by atoms with E-state index in [2.05, 4.69) is 30.3 Å². The molecular formula is C32H34N7O11P. The van der Waals surface area contributed by atoms with Crippen molar-refractivity contribution in [2.45, 2.75) is 45.8 Å². The Kier molecular flexibility index (Phi) is 11.0. The lowest BCUT2D eigenvalue weighted by atomic mass is 10.1. The van der Waals surface area contributed by atoms with Crippen LogP contribution in [0.4, 0.5) is 16.3 Å². The fourth-order valence-corrected chi connectivity index (χ4v) is 5.10. The van der Waals surface area contributed by atoms with Gasteiger partial charge in [-0.05, 0) is 81.1 Å². The van der Waals surface area contributed by atoms with Gasteiger partial charge in [0, 0.05) is 23.9 Å². The van der Waals surface area contributed by atoms with E-state index in [1.807, 2.05) is 0 Å². The molecule has 1 aliphatic rings. The summed E-state index contributed by atoms with van der Waals surface area (Å²) in [6.45, 7) is 4.02. The third-order valence-corrected chi connectivity index (χ3v) is 7.77. The van der Waals surface area contributed by atoms with Gasteiger partial charge in [0.25, 0.3) is 11.8 Å². The minimum atomic E-state index is -4.81. The minimum absolute atomic E-state index is 0.0409. The number of amidine groups is 1. The Labute approximate surface area is 290 Å². The molecule has 1 aliphatic carbocycles. The number of nitrogens with one attached hydrogen (secondary N) is 3. The number of amides is 3. The predicted molar refractivity (Wildman–Crippen MR) is 180 cm³/mol. The molecule has 0 bridgehead atoms. The molecule has 18 nitrogen and oxygen atoms in total. The third kappa shape index (κ3) is 9.46. The lowest BCUT2D eigenvalue weighted by Gasteiger charge is -2.26. The number of aromatic nitrogens is 2. The zero-order valence-corrected chi connectivity index (χ0v) is 28.4. The molecule has 1 atom stereocenters. The van der Waals surface area contributed by atoms with Crippen molar-refractivity contribution in [1.29, 1.82) is 0 Å². The van der Waals surface area contributed by atoms with Gasteiger partial charge < -0.3 is 39.9 Å². The molecular weight excluding hydrogens is 689 g/mol. The van der Waals surface area contributed by atoms with Crippen LogP contribution in [-0.4, -0.2) is 68.6 Å². The van der Waals surface area contributed by atoms with E-state index in [0.717, 1.165) is 29.9 Å². The lowest BCUT2D eigenvalue weighted by molar-refractivity contribution is 0.0000876. The normalized spacial score (nSPS) is 13.6. The molecule has 0 radical (unpaired) electrons. The van der Waals surface area contributed by atoms with Crippen LogP contribution in [0.15, 0.2) is 70.5 Å². The number of phosphoric ester groups is 1. The number of aromatic amines is 1. The Morgan fingerprint density at radius 1 is 1.08 bits per heavy atom. The van der Waals surface area contributed by atoms with Gasteiger partial charge in [0.1, 0.15) is 12.0 Å². The van der Waals surface area contributed by atoms with Crippen molar-refractivity contribution in [3.63, 3.8) is 0 Å². The number of carbonyl (C=O) groups excluding carboxylic acids is 4. The van der Waals surface area contributed by atoms with E-state index >= 15 is 0 Å². The van der Waals surface area contributed by atoms with Crippen molar-refractivity contribution in [2.24, 2.45) is 10.7 Å². The number of hydrogen-bond donors (Lipinski definition) is 6. The maximum Gasteiger partial charge on any atom is 0.524 e. The molecule has 3 amide bonds. The van der Waals surface area contributed by atoms with Gasteiger partial charge in [-0.25, -0.2) is 24.0 Å². The number of esters is 1. The van der Waals surface area contributed by atoms with Gasteiger partial charge in [0.15, 0.2) is 11.7 Å². The molecule has 1 fully saturated rings. The van der Waals surface area contributed by atoms with E-state index in [1.165, 1.54) is 42.8 Å². The topological polar surface area (TPSA) is 261 Å². The van der Waals surface area contributed by atoms with Crippen LogP contribution in [0.2, 0.25) is 0 Å². The molecule has 4 aromatic rings. The van der Waals surface area contributed by atoms with E-state index in [4.69, 9.17) is 29.5 Å². The van der Waals surface area contributed by atoms with Gasteiger partial charge in [0.2, 0.25) is 6.79 Å². The SMILES string of the molecule is Cc1ccc(C(=O)Nc2ccon2)cc1N(C(=O)OCOC(=O)c1ccc(OP(=O)(O)O)cc1)/C(=N/C(C)N)c1[nH]cc(C(=O)NC2CC2)c1C. The molecule has 51 heavy (non-hydrogen) atoms. The van der Waals surface area contributed by atoms with Crippen LogP contribution in [-0.2, 0) is 14.0 Å². The van der Waals surface area contributed by atoms with Crippen molar-refractivity contribution in [3.05, 3.63) is 94.5 Å². The summed E-state index contributed by atoms with van der Waals surface area (Å²) in [6, 6.07) is 10.7. The van der Waals surface area contributed by atoms with Crippen LogP contribution >= 0.6 is 7.82 Å². The first-order valence-corrected chi connectivity index (χ1v) is 16.9. The third-order valence-electron chi connectivity index (χ3n) is 7.32. The number of carbonyl (C=O) groups is 4. The zero-order valence-electron chi connectivity index (χ0n) is 27.5. The fraction of sp³-hybridized carbons (Fsp3) is 0.250. The number of anilines is 2. The average molecular weight is 724 g/mol. The van der Waals surface area contributed by atoms with E-state index in [9.17, 15) is 23.7 Å². The second-order valence-corrected chi connectivity index (χ2v) is 12.5. The molecule has 268 valence electrons. The summed E-state index contributed by atoms with van der Waals surface area (Å²) >= 11 is 0. The summed E-state index contributed by atoms with van der Waals surface area (Å²) in [5, 5.41) is 9.19. The Balaban J connectivity index is 1.46. The molecule has 2 heterocycles. The molecule has 2 aromatic carbocycles. The number of benzene rings is 2. The largest absolute Gasteiger partial charge is 0.524 e. The van der Waals surface area contributed by atoms with Crippen LogP contribution in [0.1, 0.15) is 67.7 Å². The number of hydrogen-bond acceptors (Lipinski definition) is 12. The number of ether oxygens (including phenoxy) is 2.